The number of para-hydroxylation sites is 1. The Kier molecular flexibility index (Phi) is 3.46. The molecule has 1 saturated heterocycles. The zero-order chi connectivity index (χ0) is 15.8. The monoisotopic (exact) mass is 309 g/mol. The maximum absolute atomic E-state index is 12.5. The highest BCUT2D eigenvalue weighted by atomic mass is 16.1. The first-order valence-electron chi connectivity index (χ1n) is 8.00. The number of aromatic nitrogens is 4. The number of hydrogen-bond acceptors (Lipinski definition) is 4. The molecule has 1 atom stereocenters. The summed E-state index contributed by atoms with van der Waals surface area (Å²) in [6.45, 7) is 3.73. The highest BCUT2D eigenvalue weighted by molar-refractivity contribution is 5.78. The van der Waals surface area contributed by atoms with Crippen molar-refractivity contribution in [3.05, 3.63) is 52.2 Å². The molecule has 4 rings (SSSR count). The van der Waals surface area contributed by atoms with Gasteiger partial charge < -0.3 is 10.3 Å². The number of aromatic amines is 1. The summed E-state index contributed by atoms with van der Waals surface area (Å²) in [5, 5.41) is 8.46. The van der Waals surface area contributed by atoms with E-state index in [-0.39, 0.29) is 11.5 Å². The number of aryl methyl sites for hydroxylation is 1. The van der Waals surface area contributed by atoms with E-state index in [0.29, 0.717) is 16.7 Å². The SMILES string of the molecule is Cc1nn(-c2ccccc2)c2nc(C3CCCNC3)[nH]c(=O)c12. The third-order valence-corrected chi connectivity index (χ3v) is 4.42. The molecule has 0 aliphatic carbocycles. The first-order chi connectivity index (χ1) is 11.2. The van der Waals surface area contributed by atoms with Gasteiger partial charge in [-0.3, -0.25) is 4.79 Å². The van der Waals surface area contributed by atoms with E-state index in [9.17, 15) is 4.79 Å². The zero-order valence-electron chi connectivity index (χ0n) is 13.0. The van der Waals surface area contributed by atoms with Gasteiger partial charge in [-0.05, 0) is 38.4 Å². The van der Waals surface area contributed by atoms with Crippen molar-refractivity contribution in [1.29, 1.82) is 0 Å². The van der Waals surface area contributed by atoms with Crippen molar-refractivity contribution in [2.75, 3.05) is 13.1 Å². The highest BCUT2D eigenvalue weighted by Gasteiger charge is 2.21. The molecule has 1 aromatic carbocycles. The molecule has 3 aromatic rings. The summed E-state index contributed by atoms with van der Waals surface area (Å²) in [7, 11) is 0. The van der Waals surface area contributed by atoms with Crippen molar-refractivity contribution in [1.82, 2.24) is 25.1 Å². The van der Waals surface area contributed by atoms with E-state index >= 15 is 0 Å². The first kappa shape index (κ1) is 14.1. The van der Waals surface area contributed by atoms with Crippen LogP contribution in [0.5, 0.6) is 0 Å². The molecule has 2 N–H and O–H groups in total. The molecule has 118 valence electrons. The van der Waals surface area contributed by atoms with Crippen LogP contribution >= 0.6 is 0 Å². The Bertz CT molecular complexity index is 890. The van der Waals surface area contributed by atoms with Gasteiger partial charge in [-0.1, -0.05) is 18.2 Å². The van der Waals surface area contributed by atoms with E-state index < -0.39 is 0 Å². The average molecular weight is 309 g/mol. The summed E-state index contributed by atoms with van der Waals surface area (Å²) >= 11 is 0. The standard InChI is InChI=1S/C17H19N5O/c1-11-14-16(22(21-11)13-7-3-2-4-8-13)19-15(20-17(14)23)12-6-5-9-18-10-12/h2-4,7-8,12,18H,5-6,9-10H2,1H3,(H,19,20,23). The van der Waals surface area contributed by atoms with Crippen molar-refractivity contribution in [2.24, 2.45) is 0 Å². The number of hydrogen-bond donors (Lipinski definition) is 2. The van der Waals surface area contributed by atoms with Gasteiger partial charge in [0.2, 0.25) is 0 Å². The molecule has 0 spiro atoms. The summed E-state index contributed by atoms with van der Waals surface area (Å²) in [5.41, 5.74) is 2.15. The lowest BCUT2D eigenvalue weighted by Crippen LogP contribution is -2.30. The van der Waals surface area contributed by atoms with Crippen LogP contribution in [0.1, 0.15) is 30.3 Å². The van der Waals surface area contributed by atoms with E-state index in [1.54, 1.807) is 4.68 Å². The van der Waals surface area contributed by atoms with Crippen LogP contribution in [0.15, 0.2) is 35.1 Å². The summed E-state index contributed by atoms with van der Waals surface area (Å²) in [5.74, 6) is 1.01. The molecule has 23 heavy (non-hydrogen) atoms. The molecular weight excluding hydrogens is 290 g/mol. The average Bonchev–Trinajstić information content (AvgIpc) is 2.94. The quantitative estimate of drug-likeness (QED) is 0.758. The molecule has 6 nitrogen and oxygen atoms in total. The molecular formula is C17H19N5O. The molecule has 0 saturated carbocycles. The number of rotatable bonds is 2. The first-order valence-corrected chi connectivity index (χ1v) is 8.00. The minimum absolute atomic E-state index is 0.102. The predicted octanol–water partition coefficient (Wildman–Crippen LogP) is 1.88. The van der Waals surface area contributed by atoms with Crippen molar-refractivity contribution in [3.8, 4) is 5.69 Å². The second-order valence-corrected chi connectivity index (χ2v) is 6.03. The minimum atomic E-state index is -0.102. The normalized spacial score (nSPS) is 18.4. The smallest absolute Gasteiger partial charge is 0.262 e. The van der Waals surface area contributed by atoms with Gasteiger partial charge in [-0.25, -0.2) is 9.67 Å². The Morgan fingerprint density at radius 1 is 1.26 bits per heavy atom. The van der Waals surface area contributed by atoms with E-state index in [2.05, 4.69) is 15.4 Å². The van der Waals surface area contributed by atoms with Crippen LogP contribution in [-0.2, 0) is 0 Å². The Labute approximate surface area is 133 Å². The van der Waals surface area contributed by atoms with Gasteiger partial charge in [0.1, 0.15) is 11.2 Å². The number of nitrogens with one attached hydrogen (secondary N) is 2. The van der Waals surface area contributed by atoms with Crippen LogP contribution in [-0.4, -0.2) is 32.8 Å². The molecule has 1 aliphatic heterocycles. The number of H-pyrrole nitrogens is 1. The Balaban J connectivity index is 1.91. The minimum Gasteiger partial charge on any atom is -0.316 e. The van der Waals surface area contributed by atoms with Crippen LogP contribution in [0.2, 0.25) is 0 Å². The summed E-state index contributed by atoms with van der Waals surface area (Å²) in [6.07, 6.45) is 2.14. The van der Waals surface area contributed by atoms with Gasteiger partial charge in [0.15, 0.2) is 5.65 Å². The molecule has 1 aliphatic rings. The fourth-order valence-electron chi connectivity index (χ4n) is 3.23. The van der Waals surface area contributed by atoms with Crippen molar-refractivity contribution >= 4 is 11.0 Å². The molecule has 0 radical (unpaired) electrons. The summed E-state index contributed by atoms with van der Waals surface area (Å²) in [4.78, 5) is 20.3. The van der Waals surface area contributed by atoms with Crippen LogP contribution < -0.4 is 10.9 Å². The molecule has 3 heterocycles. The topological polar surface area (TPSA) is 75.6 Å². The van der Waals surface area contributed by atoms with Crippen LogP contribution in [0, 0.1) is 6.92 Å². The lowest BCUT2D eigenvalue weighted by Gasteiger charge is -2.21. The lowest BCUT2D eigenvalue weighted by molar-refractivity contribution is 0.446. The van der Waals surface area contributed by atoms with Gasteiger partial charge in [-0.15, -0.1) is 0 Å². The van der Waals surface area contributed by atoms with E-state index in [1.807, 2.05) is 37.3 Å². The highest BCUT2D eigenvalue weighted by Crippen LogP contribution is 2.22. The van der Waals surface area contributed by atoms with Gasteiger partial charge in [0.25, 0.3) is 5.56 Å². The second kappa shape index (κ2) is 5.62. The van der Waals surface area contributed by atoms with Crippen molar-refractivity contribution in [3.63, 3.8) is 0 Å². The fourth-order valence-corrected chi connectivity index (χ4v) is 3.23. The molecule has 6 heteroatoms. The number of fused-ring (bicyclic) bond motifs is 1. The maximum atomic E-state index is 12.5. The number of nitrogens with zero attached hydrogens (tertiary/aromatic N) is 3. The number of benzene rings is 1. The lowest BCUT2D eigenvalue weighted by atomic mass is 9.99. The largest absolute Gasteiger partial charge is 0.316 e. The molecule has 1 unspecified atom stereocenters. The summed E-state index contributed by atoms with van der Waals surface area (Å²) in [6, 6.07) is 9.81. The predicted molar refractivity (Wildman–Crippen MR) is 89.1 cm³/mol. The number of piperidine rings is 1. The van der Waals surface area contributed by atoms with E-state index in [0.717, 1.165) is 37.4 Å². The Morgan fingerprint density at radius 3 is 2.83 bits per heavy atom. The van der Waals surface area contributed by atoms with Crippen molar-refractivity contribution in [2.45, 2.75) is 25.7 Å². The second-order valence-electron chi connectivity index (χ2n) is 6.03. The van der Waals surface area contributed by atoms with Gasteiger partial charge >= 0.3 is 0 Å². The third-order valence-electron chi connectivity index (χ3n) is 4.42. The van der Waals surface area contributed by atoms with Gasteiger partial charge in [0.05, 0.1) is 11.4 Å². The molecule has 2 aromatic heterocycles. The third kappa shape index (κ3) is 2.45. The van der Waals surface area contributed by atoms with Crippen molar-refractivity contribution < 1.29 is 0 Å². The maximum Gasteiger partial charge on any atom is 0.262 e. The molecule has 0 bridgehead atoms. The van der Waals surface area contributed by atoms with E-state index in [1.165, 1.54) is 0 Å². The summed E-state index contributed by atoms with van der Waals surface area (Å²) < 4.78 is 1.76. The van der Waals surface area contributed by atoms with Crippen LogP contribution in [0.4, 0.5) is 0 Å². The van der Waals surface area contributed by atoms with Crippen LogP contribution in [0.25, 0.3) is 16.7 Å². The zero-order valence-corrected chi connectivity index (χ0v) is 13.0. The van der Waals surface area contributed by atoms with Gasteiger partial charge in [-0.2, -0.15) is 5.10 Å². The Morgan fingerprint density at radius 2 is 2.09 bits per heavy atom. The molecule has 0 amide bonds. The van der Waals surface area contributed by atoms with E-state index in [4.69, 9.17) is 4.98 Å². The van der Waals surface area contributed by atoms with Gasteiger partial charge in [0, 0.05) is 12.5 Å². The Hall–Kier alpha value is -2.47. The molecule has 1 fully saturated rings. The van der Waals surface area contributed by atoms with Crippen LogP contribution in [0.3, 0.4) is 0 Å². The fraction of sp³-hybridized carbons (Fsp3) is 0.353.